The molecule has 2 aromatic heterocycles. The van der Waals surface area contributed by atoms with Gasteiger partial charge >= 0.3 is 0 Å². The lowest BCUT2D eigenvalue weighted by Gasteiger charge is -2.32. The summed E-state index contributed by atoms with van der Waals surface area (Å²) in [6, 6.07) is 3.53. The quantitative estimate of drug-likeness (QED) is 0.934. The van der Waals surface area contributed by atoms with E-state index < -0.39 is 0 Å². The van der Waals surface area contributed by atoms with Crippen LogP contribution in [0, 0.1) is 0 Å². The summed E-state index contributed by atoms with van der Waals surface area (Å²) < 4.78 is 1.19. The molecule has 2 fully saturated rings. The van der Waals surface area contributed by atoms with Crippen LogP contribution < -0.4 is 5.32 Å². The fraction of sp³-hybridized carbons (Fsp3) is 0.571. The fourth-order valence-electron chi connectivity index (χ4n) is 2.93. The molecular weight excluding hydrogens is 256 g/mol. The maximum atomic E-state index is 4.41. The number of thiophene rings is 1. The average molecular weight is 274 g/mol. The lowest BCUT2D eigenvalue weighted by Crippen LogP contribution is -2.40. The number of aromatic nitrogens is 2. The lowest BCUT2D eigenvalue weighted by molar-refractivity contribution is 0.210. The number of rotatable bonds is 3. The van der Waals surface area contributed by atoms with Crippen molar-refractivity contribution in [1.82, 2.24) is 14.9 Å². The van der Waals surface area contributed by atoms with Gasteiger partial charge in [-0.1, -0.05) is 0 Å². The van der Waals surface area contributed by atoms with E-state index >= 15 is 0 Å². The molecule has 0 radical (unpaired) electrons. The van der Waals surface area contributed by atoms with Crippen LogP contribution in [-0.4, -0.2) is 40.0 Å². The highest BCUT2D eigenvalue weighted by atomic mass is 32.1. The lowest BCUT2D eigenvalue weighted by atomic mass is 10.0. The molecule has 0 aromatic carbocycles. The van der Waals surface area contributed by atoms with Gasteiger partial charge in [0, 0.05) is 25.2 Å². The molecule has 19 heavy (non-hydrogen) atoms. The molecule has 3 heterocycles. The number of nitrogens with zero attached hydrogens (tertiary/aromatic N) is 3. The first-order valence-corrected chi connectivity index (χ1v) is 7.97. The largest absolute Gasteiger partial charge is 0.366 e. The minimum absolute atomic E-state index is 0.565. The molecule has 5 heteroatoms. The summed E-state index contributed by atoms with van der Waals surface area (Å²) in [4.78, 5) is 11.4. The van der Waals surface area contributed by atoms with Gasteiger partial charge in [0.2, 0.25) is 0 Å². The van der Waals surface area contributed by atoms with E-state index in [0.717, 1.165) is 17.4 Å². The van der Waals surface area contributed by atoms with Crippen molar-refractivity contribution in [2.24, 2.45) is 0 Å². The molecule has 0 amide bonds. The second-order valence-electron chi connectivity index (χ2n) is 5.54. The van der Waals surface area contributed by atoms with E-state index in [2.05, 4.69) is 31.6 Å². The van der Waals surface area contributed by atoms with Crippen LogP contribution >= 0.6 is 11.3 Å². The molecule has 0 unspecified atom stereocenters. The van der Waals surface area contributed by atoms with Crippen LogP contribution in [0.2, 0.25) is 0 Å². The van der Waals surface area contributed by atoms with Gasteiger partial charge in [0.25, 0.3) is 0 Å². The summed E-state index contributed by atoms with van der Waals surface area (Å²) in [5.74, 6) is 1.02. The van der Waals surface area contributed by atoms with Crippen molar-refractivity contribution in [3.8, 4) is 0 Å². The van der Waals surface area contributed by atoms with E-state index in [4.69, 9.17) is 0 Å². The molecule has 1 saturated carbocycles. The van der Waals surface area contributed by atoms with E-state index in [1.54, 1.807) is 17.7 Å². The molecule has 4 rings (SSSR count). The van der Waals surface area contributed by atoms with E-state index in [-0.39, 0.29) is 0 Å². The van der Waals surface area contributed by atoms with Crippen LogP contribution in [0.15, 0.2) is 17.8 Å². The number of hydrogen-bond acceptors (Lipinski definition) is 5. The molecule has 2 aromatic rings. The first-order valence-electron chi connectivity index (χ1n) is 7.09. The molecule has 1 saturated heterocycles. The van der Waals surface area contributed by atoms with Crippen molar-refractivity contribution in [1.29, 1.82) is 0 Å². The monoisotopic (exact) mass is 274 g/mol. The third kappa shape index (κ3) is 2.32. The van der Waals surface area contributed by atoms with Gasteiger partial charge in [-0.05, 0) is 37.1 Å². The zero-order valence-electron chi connectivity index (χ0n) is 10.9. The van der Waals surface area contributed by atoms with Crippen LogP contribution in [0.3, 0.4) is 0 Å². The predicted octanol–water partition coefficient (Wildman–Crippen LogP) is 2.73. The molecule has 1 N–H and O–H groups in total. The molecule has 0 atom stereocenters. The number of likely N-dealkylation sites (tertiary alicyclic amines) is 1. The summed E-state index contributed by atoms with van der Waals surface area (Å²) in [5, 5.41) is 5.71. The average Bonchev–Trinajstić information content (AvgIpc) is 3.17. The predicted molar refractivity (Wildman–Crippen MR) is 78.7 cm³/mol. The van der Waals surface area contributed by atoms with Gasteiger partial charge in [0.05, 0.1) is 10.2 Å². The highest BCUT2D eigenvalue weighted by Crippen LogP contribution is 2.31. The Kier molecular flexibility index (Phi) is 2.89. The van der Waals surface area contributed by atoms with Crippen LogP contribution in [-0.2, 0) is 0 Å². The SMILES string of the molecule is c1nc(NC2CCN(C3CC3)CC2)c2sccc2n1. The Morgan fingerprint density at radius 1 is 1.16 bits per heavy atom. The van der Waals surface area contributed by atoms with Gasteiger partial charge in [-0.2, -0.15) is 0 Å². The van der Waals surface area contributed by atoms with Crippen LogP contribution in [0.1, 0.15) is 25.7 Å². The number of piperidine rings is 1. The number of anilines is 1. The van der Waals surface area contributed by atoms with E-state index in [1.807, 2.05) is 0 Å². The second-order valence-corrected chi connectivity index (χ2v) is 6.46. The van der Waals surface area contributed by atoms with Crippen molar-refractivity contribution < 1.29 is 0 Å². The summed E-state index contributed by atoms with van der Waals surface area (Å²) >= 11 is 1.72. The molecule has 2 aliphatic rings. The summed E-state index contributed by atoms with van der Waals surface area (Å²) in [7, 11) is 0. The molecule has 4 nitrogen and oxygen atoms in total. The molecule has 1 aliphatic carbocycles. The highest BCUT2D eigenvalue weighted by Gasteiger charge is 2.31. The maximum Gasteiger partial charge on any atom is 0.147 e. The minimum Gasteiger partial charge on any atom is -0.366 e. The van der Waals surface area contributed by atoms with Crippen molar-refractivity contribution in [3.63, 3.8) is 0 Å². The molecular formula is C14H18N4S. The number of nitrogens with one attached hydrogen (secondary N) is 1. The van der Waals surface area contributed by atoms with Gasteiger partial charge in [-0.3, -0.25) is 0 Å². The Morgan fingerprint density at radius 3 is 2.79 bits per heavy atom. The first-order chi connectivity index (χ1) is 9.40. The van der Waals surface area contributed by atoms with Crippen LogP contribution in [0.25, 0.3) is 10.2 Å². The summed E-state index contributed by atoms with van der Waals surface area (Å²) in [6.07, 6.45) is 6.96. The highest BCUT2D eigenvalue weighted by molar-refractivity contribution is 7.17. The fourth-order valence-corrected chi connectivity index (χ4v) is 3.73. The maximum absolute atomic E-state index is 4.41. The Balaban J connectivity index is 1.45. The van der Waals surface area contributed by atoms with Crippen LogP contribution in [0.5, 0.6) is 0 Å². The molecule has 0 spiro atoms. The second kappa shape index (κ2) is 4.72. The third-order valence-corrected chi connectivity index (χ3v) is 5.09. The van der Waals surface area contributed by atoms with E-state index in [9.17, 15) is 0 Å². The zero-order chi connectivity index (χ0) is 12.7. The van der Waals surface area contributed by atoms with Crippen molar-refractivity contribution >= 4 is 27.4 Å². The number of fused-ring (bicyclic) bond motifs is 1. The van der Waals surface area contributed by atoms with Crippen molar-refractivity contribution in [3.05, 3.63) is 17.8 Å². The Bertz CT molecular complexity index is 570. The van der Waals surface area contributed by atoms with Crippen LogP contribution in [0.4, 0.5) is 5.82 Å². The van der Waals surface area contributed by atoms with E-state index in [1.165, 1.54) is 43.5 Å². The Hall–Kier alpha value is -1.20. The smallest absolute Gasteiger partial charge is 0.147 e. The molecule has 1 aliphatic heterocycles. The molecule has 100 valence electrons. The van der Waals surface area contributed by atoms with E-state index in [0.29, 0.717) is 6.04 Å². The Morgan fingerprint density at radius 2 is 2.00 bits per heavy atom. The van der Waals surface area contributed by atoms with Gasteiger partial charge in [-0.25, -0.2) is 9.97 Å². The summed E-state index contributed by atoms with van der Waals surface area (Å²) in [6.45, 7) is 2.47. The van der Waals surface area contributed by atoms with Crippen molar-refractivity contribution in [2.45, 2.75) is 37.8 Å². The standard InChI is InChI=1S/C14H18N4S/c1-2-11(1)18-6-3-10(4-7-18)17-14-13-12(5-8-19-13)15-9-16-14/h5,8-11H,1-4,6-7H2,(H,15,16,17). The summed E-state index contributed by atoms with van der Waals surface area (Å²) in [5.41, 5.74) is 1.05. The van der Waals surface area contributed by atoms with Gasteiger partial charge < -0.3 is 10.2 Å². The first kappa shape index (κ1) is 11.6. The van der Waals surface area contributed by atoms with Gasteiger partial charge in [0.1, 0.15) is 12.1 Å². The molecule has 0 bridgehead atoms. The van der Waals surface area contributed by atoms with Gasteiger partial charge in [-0.15, -0.1) is 11.3 Å². The number of hydrogen-bond donors (Lipinski definition) is 1. The third-order valence-electron chi connectivity index (χ3n) is 4.18. The Labute approximate surface area is 116 Å². The minimum atomic E-state index is 0.565. The zero-order valence-corrected chi connectivity index (χ0v) is 11.7. The normalized spacial score (nSPS) is 21.9. The van der Waals surface area contributed by atoms with Gasteiger partial charge in [0.15, 0.2) is 0 Å². The topological polar surface area (TPSA) is 41.1 Å². The van der Waals surface area contributed by atoms with Crippen molar-refractivity contribution in [2.75, 3.05) is 18.4 Å².